The first-order valence-electron chi connectivity index (χ1n) is 5.87. The third-order valence-electron chi connectivity index (χ3n) is 3.19. The summed E-state index contributed by atoms with van der Waals surface area (Å²) >= 11 is 14.5. The van der Waals surface area contributed by atoms with E-state index < -0.39 is 0 Å². The van der Waals surface area contributed by atoms with E-state index in [9.17, 15) is 0 Å². The maximum atomic E-state index is 6.35. The smallest absolute Gasteiger partial charge is 0.0554 e. The fourth-order valence-electron chi connectivity index (χ4n) is 2.02. The van der Waals surface area contributed by atoms with Crippen molar-refractivity contribution in [2.75, 3.05) is 0 Å². The lowest BCUT2D eigenvalue weighted by atomic mass is 9.94. The molecule has 0 spiro atoms. The van der Waals surface area contributed by atoms with Crippen LogP contribution in [0.1, 0.15) is 28.3 Å². The summed E-state index contributed by atoms with van der Waals surface area (Å²) < 4.78 is 1.03. The van der Waals surface area contributed by atoms with Crippen molar-refractivity contribution in [1.29, 1.82) is 0 Å². The summed E-state index contributed by atoms with van der Waals surface area (Å²) in [6.45, 7) is 4.01. The van der Waals surface area contributed by atoms with Gasteiger partial charge in [-0.1, -0.05) is 35.3 Å². The molecule has 0 amide bonds. The van der Waals surface area contributed by atoms with E-state index in [2.05, 4.69) is 22.6 Å². The van der Waals surface area contributed by atoms with Crippen LogP contribution in [0.15, 0.2) is 30.3 Å². The van der Waals surface area contributed by atoms with Crippen molar-refractivity contribution in [3.8, 4) is 0 Å². The molecule has 1 atom stereocenters. The van der Waals surface area contributed by atoms with Gasteiger partial charge in [-0.25, -0.2) is 0 Å². The minimum Gasteiger partial charge on any atom is -0.320 e. The highest BCUT2D eigenvalue weighted by molar-refractivity contribution is 14.1. The molecule has 19 heavy (non-hydrogen) atoms. The molecule has 2 N–H and O–H groups in total. The quantitative estimate of drug-likeness (QED) is 0.677. The molecule has 0 heterocycles. The van der Waals surface area contributed by atoms with Gasteiger partial charge in [0.05, 0.1) is 11.1 Å². The largest absolute Gasteiger partial charge is 0.320 e. The summed E-state index contributed by atoms with van der Waals surface area (Å²) in [6, 6.07) is 9.75. The molecule has 0 aliphatic heterocycles. The second-order valence-corrected chi connectivity index (χ2v) is 6.59. The van der Waals surface area contributed by atoms with Gasteiger partial charge in [-0.15, -0.1) is 0 Å². The Kier molecular flexibility index (Phi) is 4.77. The molecule has 0 aromatic heterocycles. The lowest BCUT2D eigenvalue weighted by Crippen LogP contribution is -2.13. The molecule has 0 saturated heterocycles. The van der Waals surface area contributed by atoms with Gasteiger partial charge in [0.2, 0.25) is 0 Å². The molecule has 0 bridgehead atoms. The summed E-state index contributed by atoms with van der Waals surface area (Å²) in [6.07, 6.45) is 0. The van der Waals surface area contributed by atoms with E-state index in [1.54, 1.807) is 0 Å². The molecule has 4 heteroatoms. The number of hydrogen-bond donors (Lipinski definition) is 1. The van der Waals surface area contributed by atoms with Gasteiger partial charge in [-0.2, -0.15) is 0 Å². The summed E-state index contributed by atoms with van der Waals surface area (Å²) in [4.78, 5) is 0. The molecule has 0 saturated carbocycles. The summed E-state index contributed by atoms with van der Waals surface area (Å²) in [5.74, 6) is 0. The van der Waals surface area contributed by atoms with E-state index in [4.69, 9.17) is 28.9 Å². The van der Waals surface area contributed by atoms with E-state index in [1.807, 2.05) is 44.2 Å². The predicted molar refractivity (Wildman–Crippen MR) is 91.1 cm³/mol. The zero-order valence-corrected chi connectivity index (χ0v) is 14.3. The predicted octanol–water partition coefficient (Wildman–Crippen LogP) is 5.26. The average molecular weight is 406 g/mol. The van der Waals surface area contributed by atoms with Crippen molar-refractivity contribution in [3.63, 3.8) is 0 Å². The molecule has 2 aromatic rings. The number of benzene rings is 2. The molecule has 0 fully saturated rings. The van der Waals surface area contributed by atoms with E-state index in [0.29, 0.717) is 0 Å². The second-order valence-electron chi connectivity index (χ2n) is 4.61. The van der Waals surface area contributed by atoms with Crippen molar-refractivity contribution >= 4 is 45.8 Å². The Morgan fingerprint density at radius 2 is 1.68 bits per heavy atom. The van der Waals surface area contributed by atoms with E-state index in [1.165, 1.54) is 0 Å². The zero-order chi connectivity index (χ0) is 14.2. The van der Waals surface area contributed by atoms with Gasteiger partial charge < -0.3 is 5.73 Å². The lowest BCUT2D eigenvalue weighted by molar-refractivity contribution is 0.859. The van der Waals surface area contributed by atoms with Gasteiger partial charge in [0, 0.05) is 8.59 Å². The Morgan fingerprint density at radius 1 is 1.00 bits per heavy atom. The lowest BCUT2D eigenvalue weighted by Gasteiger charge is -2.17. The van der Waals surface area contributed by atoms with Crippen molar-refractivity contribution in [3.05, 3.63) is 66.2 Å². The summed E-state index contributed by atoms with van der Waals surface area (Å²) in [7, 11) is 0. The van der Waals surface area contributed by atoms with Crippen LogP contribution in [-0.4, -0.2) is 0 Å². The second kappa shape index (κ2) is 6.00. The molecule has 100 valence electrons. The molecule has 2 rings (SSSR count). The van der Waals surface area contributed by atoms with Gasteiger partial charge in [-0.05, 0) is 76.9 Å². The maximum Gasteiger partial charge on any atom is 0.0554 e. The Labute approximate surface area is 137 Å². The molecular weight excluding hydrogens is 392 g/mol. The van der Waals surface area contributed by atoms with Gasteiger partial charge >= 0.3 is 0 Å². The Bertz CT molecular complexity index is 626. The molecule has 0 aliphatic rings. The molecule has 0 radical (unpaired) electrons. The highest BCUT2D eigenvalue weighted by Crippen LogP contribution is 2.30. The molecule has 1 nitrogen and oxygen atoms in total. The maximum absolute atomic E-state index is 6.35. The Balaban J connectivity index is 2.46. The first-order valence-corrected chi connectivity index (χ1v) is 7.71. The normalized spacial score (nSPS) is 12.5. The first-order chi connectivity index (χ1) is 8.90. The highest BCUT2D eigenvalue weighted by Gasteiger charge is 2.14. The van der Waals surface area contributed by atoms with Crippen LogP contribution in [0.2, 0.25) is 10.0 Å². The Morgan fingerprint density at radius 3 is 2.32 bits per heavy atom. The third kappa shape index (κ3) is 3.24. The molecule has 2 aromatic carbocycles. The fraction of sp³-hybridized carbons (Fsp3) is 0.200. The number of rotatable bonds is 2. The van der Waals surface area contributed by atoms with Crippen LogP contribution in [0, 0.1) is 17.4 Å². The van der Waals surface area contributed by atoms with Crippen molar-refractivity contribution < 1.29 is 0 Å². The van der Waals surface area contributed by atoms with Crippen molar-refractivity contribution in [2.24, 2.45) is 5.73 Å². The van der Waals surface area contributed by atoms with E-state index in [0.717, 1.165) is 35.9 Å². The van der Waals surface area contributed by atoms with E-state index >= 15 is 0 Å². The minimum atomic E-state index is -0.189. The van der Waals surface area contributed by atoms with Crippen LogP contribution in [0.25, 0.3) is 0 Å². The van der Waals surface area contributed by atoms with Crippen LogP contribution in [0.3, 0.4) is 0 Å². The Hall–Kier alpha value is -0.290. The third-order valence-corrected chi connectivity index (χ3v) is 5.16. The number of nitrogens with two attached hydrogens (primary N) is 1. The van der Waals surface area contributed by atoms with Crippen LogP contribution in [0.4, 0.5) is 0 Å². The van der Waals surface area contributed by atoms with Gasteiger partial charge in [-0.3, -0.25) is 0 Å². The number of aryl methyl sites for hydroxylation is 2. The topological polar surface area (TPSA) is 26.0 Å². The zero-order valence-electron chi connectivity index (χ0n) is 10.7. The standard InChI is InChI=1S/C15H14Cl2IN/c1-8-6-12(16)9(2)5-11(8)15(19)10-3-4-14(18)13(17)7-10/h3-7,15H,19H2,1-2H3. The van der Waals surface area contributed by atoms with Gasteiger partial charge in [0.25, 0.3) is 0 Å². The van der Waals surface area contributed by atoms with Crippen LogP contribution < -0.4 is 5.73 Å². The molecule has 1 unspecified atom stereocenters. The van der Waals surface area contributed by atoms with Crippen LogP contribution in [0.5, 0.6) is 0 Å². The molecular formula is C15H14Cl2IN. The SMILES string of the molecule is Cc1cc(C(N)c2ccc(I)c(Cl)c2)c(C)cc1Cl. The van der Waals surface area contributed by atoms with Crippen LogP contribution in [-0.2, 0) is 0 Å². The average Bonchev–Trinajstić information content (AvgIpc) is 2.36. The molecule has 0 aliphatic carbocycles. The minimum absolute atomic E-state index is 0.189. The number of hydrogen-bond acceptors (Lipinski definition) is 1. The van der Waals surface area contributed by atoms with Gasteiger partial charge in [0.15, 0.2) is 0 Å². The number of halogens is 3. The highest BCUT2D eigenvalue weighted by atomic mass is 127. The van der Waals surface area contributed by atoms with Crippen molar-refractivity contribution in [1.82, 2.24) is 0 Å². The van der Waals surface area contributed by atoms with E-state index in [-0.39, 0.29) is 6.04 Å². The van der Waals surface area contributed by atoms with Crippen LogP contribution >= 0.6 is 45.8 Å². The summed E-state index contributed by atoms with van der Waals surface area (Å²) in [5, 5.41) is 1.51. The van der Waals surface area contributed by atoms with Gasteiger partial charge in [0.1, 0.15) is 0 Å². The van der Waals surface area contributed by atoms with Crippen molar-refractivity contribution in [2.45, 2.75) is 19.9 Å². The summed E-state index contributed by atoms with van der Waals surface area (Å²) in [5.41, 5.74) is 10.6. The fourth-order valence-corrected chi connectivity index (χ4v) is 2.77. The first kappa shape index (κ1) is 15.1. The monoisotopic (exact) mass is 405 g/mol.